The van der Waals surface area contributed by atoms with Crippen LogP contribution < -0.4 is 15.8 Å². The van der Waals surface area contributed by atoms with Crippen LogP contribution in [0.2, 0.25) is 0 Å². The Morgan fingerprint density at radius 2 is 1.83 bits per heavy atom. The number of rotatable bonds is 7. The molecule has 0 fully saturated rings. The summed E-state index contributed by atoms with van der Waals surface area (Å²) in [5.74, 6) is -0.818. The predicted molar refractivity (Wildman–Crippen MR) is 87.1 cm³/mol. The number of nitrogens with two attached hydrogens (primary N) is 1. The third kappa shape index (κ3) is 5.98. The minimum Gasteiger partial charge on any atom is -0.341 e. The molecule has 0 bridgehead atoms. The van der Waals surface area contributed by atoms with E-state index in [1.165, 1.54) is 24.3 Å². The summed E-state index contributed by atoms with van der Waals surface area (Å²) in [4.78, 5) is 24.1. The van der Waals surface area contributed by atoms with Crippen LogP contribution in [0, 0.1) is 17.2 Å². The molecule has 1 rings (SSSR count). The summed E-state index contributed by atoms with van der Waals surface area (Å²) >= 11 is 0. The van der Waals surface area contributed by atoms with Crippen molar-refractivity contribution in [3.8, 4) is 6.07 Å². The lowest BCUT2D eigenvalue weighted by molar-refractivity contribution is -0.123. The van der Waals surface area contributed by atoms with Gasteiger partial charge in [0.05, 0.1) is 11.0 Å². The largest absolute Gasteiger partial charge is 0.341 e. The Hall–Kier alpha value is -2.44. The molecule has 0 aliphatic rings. The maximum absolute atomic E-state index is 12.2. The summed E-state index contributed by atoms with van der Waals surface area (Å²) in [6.07, 6.45) is 0.401. The number of carbonyl (C=O) groups excluding carboxylic acids is 2. The van der Waals surface area contributed by atoms with Gasteiger partial charge < -0.3 is 10.6 Å². The number of primary sulfonamides is 1. The van der Waals surface area contributed by atoms with Crippen LogP contribution in [0.5, 0.6) is 0 Å². The van der Waals surface area contributed by atoms with E-state index in [1.807, 2.05) is 13.8 Å². The molecule has 0 aliphatic carbocycles. The first kappa shape index (κ1) is 19.6. The van der Waals surface area contributed by atoms with Crippen LogP contribution >= 0.6 is 0 Å². The highest BCUT2D eigenvalue weighted by atomic mass is 32.2. The summed E-state index contributed by atoms with van der Waals surface area (Å²) in [6, 6.07) is 6.08. The molecule has 0 aliphatic heterocycles. The highest BCUT2D eigenvalue weighted by Gasteiger charge is 2.22. The number of nitrogens with zero attached hydrogens (tertiary/aromatic N) is 1. The van der Waals surface area contributed by atoms with Crippen molar-refractivity contribution in [2.24, 2.45) is 11.1 Å². The van der Waals surface area contributed by atoms with E-state index in [1.54, 1.807) is 6.07 Å². The van der Waals surface area contributed by atoms with E-state index in [0.29, 0.717) is 6.42 Å². The van der Waals surface area contributed by atoms with Crippen molar-refractivity contribution in [2.45, 2.75) is 31.2 Å². The number of carbonyl (C=O) groups is 2. The second-order valence-corrected chi connectivity index (χ2v) is 7.16. The van der Waals surface area contributed by atoms with Crippen LogP contribution in [0.25, 0.3) is 0 Å². The summed E-state index contributed by atoms with van der Waals surface area (Å²) < 4.78 is 22.4. The molecule has 0 saturated heterocycles. The van der Waals surface area contributed by atoms with Gasteiger partial charge in [-0.05, 0) is 36.6 Å². The molecule has 24 heavy (non-hydrogen) atoms. The molecule has 4 N–H and O–H groups in total. The lowest BCUT2D eigenvalue weighted by atomic mass is 10.0. The van der Waals surface area contributed by atoms with E-state index >= 15 is 0 Å². The Morgan fingerprint density at radius 3 is 2.29 bits per heavy atom. The Balaban J connectivity index is 2.87. The molecule has 0 aromatic heterocycles. The van der Waals surface area contributed by atoms with E-state index < -0.39 is 27.9 Å². The second-order valence-electron chi connectivity index (χ2n) is 5.60. The lowest BCUT2D eigenvalue weighted by Gasteiger charge is -2.19. The zero-order valence-corrected chi connectivity index (χ0v) is 14.3. The summed E-state index contributed by atoms with van der Waals surface area (Å²) in [5, 5.41) is 18.5. The van der Waals surface area contributed by atoms with Gasteiger partial charge in [-0.1, -0.05) is 13.8 Å². The molecular formula is C15H20N4O4S. The standard InChI is InChI=1S/C15H20N4O4S/c1-10(2)9-13(15(21)18-8-7-16)19-14(20)11-3-5-12(6-4-11)24(17,22)23/h3-6,10,13H,8-9H2,1-2H3,(H,18,21)(H,19,20)(H2,17,22,23)/t13-/m0/s1. The average Bonchev–Trinajstić information content (AvgIpc) is 2.50. The van der Waals surface area contributed by atoms with Crippen molar-refractivity contribution in [1.29, 1.82) is 5.26 Å². The van der Waals surface area contributed by atoms with Gasteiger partial charge in [0.15, 0.2) is 0 Å². The molecule has 9 heteroatoms. The van der Waals surface area contributed by atoms with Crippen molar-refractivity contribution in [2.75, 3.05) is 6.54 Å². The number of nitrogens with one attached hydrogen (secondary N) is 2. The third-order valence-corrected chi connectivity index (χ3v) is 4.04. The van der Waals surface area contributed by atoms with Gasteiger partial charge in [-0.2, -0.15) is 5.26 Å². The Morgan fingerprint density at radius 1 is 1.25 bits per heavy atom. The molecule has 1 aromatic rings. The van der Waals surface area contributed by atoms with Gasteiger partial charge in [-0.15, -0.1) is 0 Å². The van der Waals surface area contributed by atoms with Crippen molar-refractivity contribution in [1.82, 2.24) is 10.6 Å². The quantitative estimate of drug-likeness (QED) is 0.597. The van der Waals surface area contributed by atoms with Crippen molar-refractivity contribution in [3.05, 3.63) is 29.8 Å². The topological polar surface area (TPSA) is 142 Å². The van der Waals surface area contributed by atoms with Gasteiger partial charge in [-0.3, -0.25) is 9.59 Å². The number of nitriles is 1. The van der Waals surface area contributed by atoms with Crippen molar-refractivity contribution >= 4 is 21.8 Å². The van der Waals surface area contributed by atoms with Crippen LogP contribution in [-0.4, -0.2) is 32.8 Å². The van der Waals surface area contributed by atoms with E-state index in [9.17, 15) is 18.0 Å². The normalized spacial score (nSPS) is 12.3. The van der Waals surface area contributed by atoms with Gasteiger partial charge in [0.1, 0.15) is 12.6 Å². The summed E-state index contributed by atoms with van der Waals surface area (Å²) in [6.45, 7) is 3.65. The van der Waals surface area contributed by atoms with E-state index in [-0.39, 0.29) is 22.9 Å². The average molecular weight is 352 g/mol. The summed E-state index contributed by atoms with van der Waals surface area (Å²) in [5.41, 5.74) is 0.198. The van der Waals surface area contributed by atoms with Crippen molar-refractivity contribution in [3.63, 3.8) is 0 Å². The van der Waals surface area contributed by atoms with Gasteiger partial charge in [0.25, 0.3) is 5.91 Å². The second kappa shape index (κ2) is 8.42. The number of hydrogen-bond acceptors (Lipinski definition) is 5. The van der Waals surface area contributed by atoms with Crippen LogP contribution in [0.4, 0.5) is 0 Å². The Labute approximate surface area is 141 Å². The fourth-order valence-corrected chi connectivity index (χ4v) is 2.51. The summed E-state index contributed by atoms with van der Waals surface area (Å²) in [7, 11) is -3.83. The zero-order chi connectivity index (χ0) is 18.3. The molecular weight excluding hydrogens is 332 g/mol. The molecule has 8 nitrogen and oxygen atoms in total. The fraction of sp³-hybridized carbons (Fsp3) is 0.400. The first-order valence-electron chi connectivity index (χ1n) is 7.23. The Bertz CT molecular complexity index is 736. The van der Waals surface area contributed by atoms with E-state index in [0.717, 1.165) is 0 Å². The number of hydrogen-bond donors (Lipinski definition) is 3. The maximum atomic E-state index is 12.2. The van der Waals surface area contributed by atoms with Crippen LogP contribution in [-0.2, 0) is 14.8 Å². The van der Waals surface area contributed by atoms with E-state index in [4.69, 9.17) is 10.4 Å². The molecule has 1 aromatic carbocycles. The molecule has 0 heterocycles. The Kier molecular flexibility index (Phi) is 6.88. The molecule has 0 unspecified atom stereocenters. The molecule has 1 atom stereocenters. The van der Waals surface area contributed by atoms with Gasteiger partial charge >= 0.3 is 0 Å². The van der Waals surface area contributed by atoms with Gasteiger partial charge in [0, 0.05) is 5.56 Å². The van der Waals surface area contributed by atoms with Crippen LogP contribution in [0.1, 0.15) is 30.6 Å². The lowest BCUT2D eigenvalue weighted by Crippen LogP contribution is -2.47. The van der Waals surface area contributed by atoms with Crippen LogP contribution in [0.3, 0.4) is 0 Å². The minimum atomic E-state index is -3.83. The third-order valence-electron chi connectivity index (χ3n) is 3.12. The maximum Gasteiger partial charge on any atom is 0.251 e. The monoisotopic (exact) mass is 352 g/mol. The SMILES string of the molecule is CC(C)C[C@H](NC(=O)c1ccc(S(N)(=O)=O)cc1)C(=O)NCC#N. The highest BCUT2D eigenvalue weighted by molar-refractivity contribution is 7.89. The first-order chi connectivity index (χ1) is 11.1. The van der Waals surface area contributed by atoms with E-state index in [2.05, 4.69) is 10.6 Å². The minimum absolute atomic E-state index is 0.107. The molecule has 0 spiro atoms. The predicted octanol–water partition coefficient (Wildman–Crippen LogP) is 0.118. The molecule has 130 valence electrons. The zero-order valence-electron chi connectivity index (χ0n) is 13.4. The van der Waals surface area contributed by atoms with Gasteiger partial charge in [-0.25, -0.2) is 13.6 Å². The fourth-order valence-electron chi connectivity index (χ4n) is 1.99. The van der Waals surface area contributed by atoms with Crippen LogP contribution in [0.15, 0.2) is 29.2 Å². The van der Waals surface area contributed by atoms with Gasteiger partial charge in [0.2, 0.25) is 15.9 Å². The van der Waals surface area contributed by atoms with Crippen molar-refractivity contribution < 1.29 is 18.0 Å². The molecule has 0 saturated carbocycles. The molecule has 0 radical (unpaired) electrons. The number of benzene rings is 1. The highest BCUT2D eigenvalue weighted by Crippen LogP contribution is 2.10. The molecule has 2 amide bonds. The number of amides is 2. The smallest absolute Gasteiger partial charge is 0.251 e. The first-order valence-corrected chi connectivity index (χ1v) is 8.78. The number of sulfonamides is 1.